The molecule has 2 heterocycles. The first kappa shape index (κ1) is 11.0. The number of aliphatic carboxylic acids is 1. The molecule has 1 aromatic heterocycles. The molecule has 2 N–H and O–H groups in total. The van der Waals surface area contributed by atoms with Gasteiger partial charge in [-0.1, -0.05) is 18.2 Å². The molecule has 92 valence electrons. The average molecular weight is 263 g/mol. The summed E-state index contributed by atoms with van der Waals surface area (Å²) < 4.78 is 5.96. The van der Waals surface area contributed by atoms with Crippen LogP contribution in [0, 0.1) is 0 Å². The fourth-order valence-corrected chi connectivity index (χ4v) is 3.15. The average Bonchev–Trinajstić information content (AvgIpc) is 2.92. The highest BCUT2D eigenvalue weighted by atomic mass is 32.1. The van der Waals surface area contributed by atoms with Crippen molar-refractivity contribution in [3.05, 3.63) is 35.2 Å². The minimum absolute atomic E-state index is 0.0476. The number of carboxylic acid groups (broad SMARTS) is 1. The number of cyclic esters (lactones) is 1. The maximum absolute atomic E-state index is 11.4. The Morgan fingerprint density at radius 1 is 1.44 bits per heavy atom. The van der Waals surface area contributed by atoms with Crippen molar-refractivity contribution in [2.45, 2.75) is 5.60 Å². The zero-order chi connectivity index (χ0) is 12.8. The Bertz CT molecular complexity index is 617. The summed E-state index contributed by atoms with van der Waals surface area (Å²) in [5.41, 5.74) is -1.60. The van der Waals surface area contributed by atoms with Crippen LogP contribution >= 0.6 is 11.3 Å². The normalized spacial score (nSPS) is 22.8. The monoisotopic (exact) mass is 263 g/mol. The van der Waals surface area contributed by atoms with Gasteiger partial charge in [-0.25, -0.2) is 9.59 Å². The summed E-state index contributed by atoms with van der Waals surface area (Å²) in [5, 5.41) is 12.7. The largest absolute Gasteiger partial charge is 0.478 e. The summed E-state index contributed by atoms with van der Waals surface area (Å²) in [5.74, 6) is -1.16. The Hall–Kier alpha value is -2.08. The molecule has 1 aliphatic rings. The number of nitrogens with one attached hydrogen (secondary N) is 1. The molecule has 2 aromatic rings. The van der Waals surface area contributed by atoms with Crippen LogP contribution < -0.4 is 5.32 Å². The Morgan fingerprint density at radius 2 is 2.22 bits per heavy atom. The molecule has 6 heteroatoms. The van der Waals surface area contributed by atoms with Crippen LogP contribution in [0.3, 0.4) is 0 Å². The van der Waals surface area contributed by atoms with Crippen LogP contribution in [-0.2, 0) is 15.1 Å². The van der Waals surface area contributed by atoms with E-state index in [0.29, 0.717) is 4.88 Å². The van der Waals surface area contributed by atoms with Gasteiger partial charge in [-0.2, -0.15) is 0 Å². The molecule has 1 aromatic carbocycles. The van der Waals surface area contributed by atoms with Gasteiger partial charge in [0.05, 0.1) is 11.4 Å². The third-order valence-corrected chi connectivity index (χ3v) is 4.18. The summed E-state index contributed by atoms with van der Waals surface area (Å²) in [6, 6.07) is 9.33. The number of ether oxygens (including phenoxy) is 1. The molecule has 1 amide bonds. The first-order valence-electron chi connectivity index (χ1n) is 5.31. The van der Waals surface area contributed by atoms with E-state index in [-0.39, 0.29) is 6.54 Å². The van der Waals surface area contributed by atoms with Gasteiger partial charge in [0.25, 0.3) is 5.60 Å². The zero-order valence-corrected chi connectivity index (χ0v) is 9.99. The van der Waals surface area contributed by atoms with E-state index in [1.54, 1.807) is 6.07 Å². The maximum atomic E-state index is 11.4. The molecule has 5 nitrogen and oxygen atoms in total. The Labute approximate surface area is 106 Å². The van der Waals surface area contributed by atoms with Crippen LogP contribution in [0.25, 0.3) is 10.1 Å². The third kappa shape index (κ3) is 1.46. The Morgan fingerprint density at radius 3 is 2.83 bits per heavy atom. The van der Waals surface area contributed by atoms with Crippen molar-refractivity contribution in [3.63, 3.8) is 0 Å². The number of amides is 1. The van der Waals surface area contributed by atoms with Gasteiger partial charge in [-0.3, -0.25) is 0 Å². The molecule has 0 saturated carbocycles. The van der Waals surface area contributed by atoms with Gasteiger partial charge in [0.2, 0.25) is 0 Å². The number of carboxylic acids is 1. The van der Waals surface area contributed by atoms with Crippen molar-refractivity contribution < 1.29 is 19.4 Å². The summed E-state index contributed by atoms with van der Waals surface area (Å²) in [4.78, 5) is 23.1. The lowest BCUT2D eigenvalue weighted by molar-refractivity contribution is -0.155. The Balaban J connectivity index is 2.16. The van der Waals surface area contributed by atoms with E-state index in [9.17, 15) is 14.7 Å². The van der Waals surface area contributed by atoms with Crippen LogP contribution in [0.1, 0.15) is 4.88 Å². The lowest BCUT2D eigenvalue weighted by atomic mass is 10.0. The van der Waals surface area contributed by atoms with E-state index in [2.05, 4.69) is 5.32 Å². The van der Waals surface area contributed by atoms with Crippen molar-refractivity contribution in [1.29, 1.82) is 0 Å². The fourth-order valence-electron chi connectivity index (χ4n) is 1.97. The minimum Gasteiger partial charge on any atom is -0.478 e. The standard InChI is InChI=1S/C12H9NO4S/c14-10(15)12(6-13-11(16)17-12)9-5-7-3-1-2-4-8(7)18-9/h1-5H,6H2,(H,13,16)(H,14,15). The summed E-state index contributed by atoms with van der Waals surface area (Å²) >= 11 is 1.33. The molecule has 1 aliphatic heterocycles. The van der Waals surface area contributed by atoms with E-state index in [0.717, 1.165) is 10.1 Å². The SMILES string of the molecule is O=C1NCC(C(=O)O)(c2cc3ccccc3s2)O1. The molecular formula is C12H9NO4S. The second-order valence-corrected chi connectivity index (χ2v) is 5.11. The van der Waals surface area contributed by atoms with Crippen LogP contribution in [0.5, 0.6) is 0 Å². The molecule has 1 unspecified atom stereocenters. The fraction of sp³-hybridized carbons (Fsp3) is 0.167. The second-order valence-electron chi connectivity index (χ2n) is 4.02. The van der Waals surface area contributed by atoms with E-state index in [1.807, 2.05) is 24.3 Å². The number of fused-ring (bicyclic) bond motifs is 1. The third-order valence-electron chi connectivity index (χ3n) is 2.92. The lowest BCUT2D eigenvalue weighted by Crippen LogP contribution is -2.38. The van der Waals surface area contributed by atoms with Crippen molar-refractivity contribution in [1.82, 2.24) is 5.32 Å². The number of carbonyl (C=O) groups is 2. The number of hydrogen-bond acceptors (Lipinski definition) is 4. The summed E-state index contributed by atoms with van der Waals surface area (Å²) in [6.07, 6.45) is -0.699. The van der Waals surface area contributed by atoms with E-state index < -0.39 is 17.7 Å². The van der Waals surface area contributed by atoms with E-state index in [4.69, 9.17) is 4.74 Å². The quantitative estimate of drug-likeness (QED) is 0.868. The van der Waals surface area contributed by atoms with Gasteiger partial charge in [-0.15, -0.1) is 11.3 Å². The van der Waals surface area contributed by atoms with Gasteiger partial charge < -0.3 is 15.2 Å². The molecule has 3 rings (SSSR count). The molecule has 1 atom stereocenters. The van der Waals surface area contributed by atoms with Crippen molar-refractivity contribution in [2.24, 2.45) is 0 Å². The molecule has 0 aliphatic carbocycles. The highest BCUT2D eigenvalue weighted by Crippen LogP contribution is 2.37. The van der Waals surface area contributed by atoms with Crippen LogP contribution in [-0.4, -0.2) is 23.7 Å². The van der Waals surface area contributed by atoms with Gasteiger partial charge in [0.1, 0.15) is 0 Å². The predicted molar refractivity (Wildman–Crippen MR) is 65.6 cm³/mol. The molecule has 1 fully saturated rings. The maximum Gasteiger partial charge on any atom is 0.408 e. The topological polar surface area (TPSA) is 75.6 Å². The number of rotatable bonds is 2. The minimum atomic E-state index is -1.60. The highest BCUT2D eigenvalue weighted by molar-refractivity contribution is 7.19. The molecule has 1 saturated heterocycles. The van der Waals surface area contributed by atoms with Gasteiger partial charge >= 0.3 is 12.1 Å². The first-order valence-corrected chi connectivity index (χ1v) is 6.13. The molecule has 0 radical (unpaired) electrons. The van der Waals surface area contributed by atoms with Crippen LogP contribution in [0.15, 0.2) is 30.3 Å². The van der Waals surface area contributed by atoms with Crippen molar-refractivity contribution in [3.8, 4) is 0 Å². The number of carbonyl (C=O) groups excluding carboxylic acids is 1. The van der Waals surface area contributed by atoms with E-state index >= 15 is 0 Å². The second kappa shape index (κ2) is 3.71. The number of hydrogen-bond donors (Lipinski definition) is 2. The number of thiophene rings is 1. The van der Waals surface area contributed by atoms with Gasteiger partial charge in [0, 0.05) is 4.70 Å². The molecular weight excluding hydrogens is 254 g/mol. The van der Waals surface area contributed by atoms with Crippen molar-refractivity contribution >= 4 is 33.5 Å². The van der Waals surface area contributed by atoms with Gasteiger partial charge in [-0.05, 0) is 17.5 Å². The Kier molecular flexibility index (Phi) is 2.27. The lowest BCUT2D eigenvalue weighted by Gasteiger charge is -2.19. The van der Waals surface area contributed by atoms with Gasteiger partial charge in [0.15, 0.2) is 0 Å². The molecule has 0 bridgehead atoms. The zero-order valence-electron chi connectivity index (χ0n) is 9.17. The number of alkyl carbamates (subject to hydrolysis) is 1. The van der Waals surface area contributed by atoms with Crippen molar-refractivity contribution in [2.75, 3.05) is 6.54 Å². The summed E-state index contributed by atoms with van der Waals surface area (Å²) in [6.45, 7) is -0.0476. The highest BCUT2D eigenvalue weighted by Gasteiger charge is 2.50. The summed E-state index contributed by atoms with van der Waals surface area (Å²) in [7, 11) is 0. The predicted octanol–water partition coefficient (Wildman–Crippen LogP) is 1.92. The first-order chi connectivity index (χ1) is 8.62. The van der Waals surface area contributed by atoms with E-state index in [1.165, 1.54) is 11.3 Å². The number of benzene rings is 1. The van der Waals surface area contributed by atoms with Crippen LogP contribution in [0.4, 0.5) is 4.79 Å². The van der Waals surface area contributed by atoms with Crippen LogP contribution in [0.2, 0.25) is 0 Å². The molecule has 0 spiro atoms. The molecule has 18 heavy (non-hydrogen) atoms. The smallest absolute Gasteiger partial charge is 0.408 e.